The summed E-state index contributed by atoms with van der Waals surface area (Å²) in [4.78, 5) is 17.1. The number of hydrogen-bond acceptors (Lipinski definition) is 2. The van der Waals surface area contributed by atoms with Crippen LogP contribution < -0.4 is 5.32 Å². The lowest BCUT2D eigenvalue weighted by atomic mass is 10.0. The zero-order valence-corrected chi connectivity index (χ0v) is 17.3. The first kappa shape index (κ1) is 19.9. The Labute approximate surface area is 177 Å². The van der Waals surface area contributed by atoms with Crippen LogP contribution in [0.2, 0.25) is 0 Å². The Bertz CT molecular complexity index is 1110. The normalized spacial score (nSPS) is 11.0. The van der Waals surface area contributed by atoms with Crippen molar-refractivity contribution in [3.05, 3.63) is 90.3 Å². The Morgan fingerprint density at radius 1 is 0.900 bits per heavy atom. The number of nitrogens with one attached hydrogen (secondary N) is 1. The second-order valence-electron chi connectivity index (χ2n) is 7.45. The van der Waals surface area contributed by atoms with Gasteiger partial charge >= 0.3 is 0 Å². The van der Waals surface area contributed by atoms with Gasteiger partial charge in [-0.3, -0.25) is 4.79 Å². The standard InChI is InChI=1S/C26H27N3O/c1-2-29-24-12-7-6-11-23(24)28-25(29)13-8-18-27-26(30)19-20-14-16-22(17-15-20)21-9-4-3-5-10-21/h3-7,9-12,14-17H,2,8,13,18-19H2,1H3,(H,27,30). The monoisotopic (exact) mass is 397 g/mol. The quantitative estimate of drug-likeness (QED) is 0.425. The summed E-state index contributed by atoms with van der Waals surface area (Å²) >= 11 is 0. The van der Waals surface area contributed by atoms with E-state index < -0.39 is 0 Å². The first-order valence-electron chi connectivity index (χ1n) is 10.6. The van der Waals surface area contributed by atoms with Crippen molar-refractivity contribution >= 4 is 16.9 Å². The van der Waals surface area contributed by atoms with Gasteiger partial charge in [0.25, 0.3) is 0 Å². The molecule has 0 radical (unpaired) electrons. The number of fused-ring (bicyclic) bond motifs is 1. The maximum atomic E-state index is 12.3. The van der Waals surface area contributed by atoms with Gasteiger partial charge in [-0.25, -0.2) is 4.98 Å². The number of amides is 1. The van der Waals surface area contributed by atoms with Crippen LogP contribution in [-0.2, 0) is 24.2 Å². The zero-order chi connectivity index (χ0) is 20.8. The zero-order valence-electron chi connectivity index (χ0n) is 17.3. The van der Waals surface area contributed by atoms with Crippen LogP contribution in [0.3, 0.4) is 0 Å². The molecule has 1 amide bonds. The van der Waals surface area contributed by atoms with E-state index in [1.807, 2.05) is 42.5 Å². The molecule has 3 aromatic carbocycles. The van der Waals surface area contributed by atoms with Crippen LogP contribution in [0.5, 0.6) is 0 Å². The van der Waals surface area contributed by atoms with Crippen molar-refractivity contribution < 1.29 is 4.79 Å². The van der Waals surface area contributed by atoms with Crippen molar-refractivity contribution in [3.8, 4) is 11.1 Å². The van der Waals surface area contributed by atoms with Crippen LogP contribution in [0.15, 0.2) is 78.9 Å². The molecule has 0 saturated carbocycles. The molecule has 1 N–H and O–H groups in total. The molecule has 0 bridgehead atoms. The van der Waals surface area contributed by atoms with Gasteiger partial charge in [0.05, 0.1) is 17.5 Å². The van der Waals surface area contributed by atoms with E-state index >= 15 is 0 Å². The third kappa shape index (κ3) is 4.60. The molecule has 0 aliphatic heterocycles. The minimum Gasteiger partial charge on any atom is -0.356 e. The molecule has 30 heavy (non-hydrogen) atoms. The lowest BCUT2D eigenvalue weighted by Crippen LogP contribution is -2.26. The van der Waals surface area contributed by atoms with Crippen LogP contribution >= 0.6 is 0 Å². The first-order chi connectivity index (χ1) is 14.7. The van der Waals surface area contributed by atoms with Gasteiger partial charge < -0.3 is 9.88 Å². The van der Waals surface area contributed by atoms with Crippen molar-refractivity contribution in [2.45, 2.75) is 32.7 Å². The highest BCUT2D eigenvalue weighted by Crippen LogP contribution is 2.19. The summed E-state index contributed by atoms with van der Waals surface area (Å²) in [6.45, 7) is 3.71. The number of benzene rings is 3. The smallest absolute Gasteiger partial charge is 0.224 e. The molecular formula is C26H27N3O. The molecule has 4 heteroatoms. The van der Waals surface area contributed by atoms with Crippen molar-refractivity contribution in [2.24, 2.45) is 0 Å². The number of aromatic nitrogens is 2. The molecule has 0 unspecified atom stereocenters. The summed E-state index contributed by atoms with van der Waals surface area (Å²) in [5.41, 5.74) is 5.60. The third-order valence-electron chi connectivity index (χ3n) is 5.37. The highest BCUT2D eigenvalue weighted by Gasteiger charge is 2.09. The van der Waals surface area contributed by atoms with Gasteiger partial charge in [-0.05, 0) is 42.2 Å². The van der Waals surface area contributed by atoms with E-state index in [-0.39, 0.29) is 5.91 Å². The highest BCUT2D eigenvalue weighted by atomic mass is 16.1. The van der Waals surface area contributed by atoms with Gasteiger partial charge in [-0.2, -0.15) is 0 Å². The SMILES string of the molecule is CCn1c(CCCNC(=O)Cc2ccc(-c3ccccc3)cc2)nc2ccccc21. The van der Waals surface area contributed by atoms with Crippen LogP contribution in [-0.4, -0.2) is 22.0 Å². The van der Waals surface area contributed by atoms with Gasteiger partial charge in [-0.1, -0.05) is 66.7 Å². The summed E-state index contributed by atoms with van der Waals surface area (Å²) < 4.78 is 2.26. The van der Waals surface area contributed by atoms with Gasteiger partial charge in [0.1, 0.15) is 5.82 Å². The number of nitrogens with zero attached hydrogens (tertiary/aromatic N) is 2. The Kier molecular flexibility index (Phi) is 6.23. The number of aryl methyl sites for hydroxylation is 2. The van der Waals surface area contributed by atoms with E-state index in [2.05, 4.69) is 53.2 Å². The van der Waals surface area contributed by atoms with Gasteiger partial charge in [0, 0.05) is 19.5 Å². The lowest BCUT2D eigenvalue weighted by Gasteiger charge is -2.08. The second-order valence-corrected chi connectivity index (χ2v) is 7.45. The summed E-state index contributed by atoms with van der Waals surface area (Å²) in [5, 5.41) is 3.04. The Morgan fingerprint density at radius 3 is 2.37 bits per heavy atom. The predicted molar refractivity (Wildman–Crippen MR) is 122 cm³/mol. The fourth-order valence-corrected chi connectivity index (χ4v) is 3.84. The predicted octanol–water partition coefficient (Wildman–Crippen LogP) is 5.01. The Balaban J connectivity index is 1.26. The topological polar surface area (TPSA) is 46.9 Å². The van der Waals surface area contributed by atoms with Crippen LogP contribution in [0.1, 0.15) is 24.7 Å². The van der Waals surface area contributed by atoms with Gasteiger partial charge in [0.2, 0.25) is 5.91 Å². The molecule has 4 rings (SSSR count). The molecule has 1 aromatic heterocycles. The van der Waals surface area contributed by atoms with E-state index in [0.29, 0.717) is 13.0 Å². The summed E-state index contributed by atoms with van der Waals surface area (Å²) in [6, 6.07) is 26.7. The van der Waals surface area contributed by atoms with E-state index in [1.54, 1.807) is 0 Å². The number of para-hydroxylation sites is 2. The van der Waals surface area contributed by atoms with Crippen molar-refractivity contribution in [1.82, 2.24) is 14.9 Å². The second kappa shape index (κ2) is 9.40. The Hall–Kier alpha value is -3.40. The lowest BCUT2D eigenvalue weighted by molar-refractivity contribution is -0.120. The molecular weight excluding hydrogens is 370 g/mol. The molecule has 0 saturated heterocycles. The molecule has 0 atom stereocenters. The molecule has 0 aliphatic carbocycles. The van der Waals surface area contributed by atoms with Crippen molar-refractivity contribution in [3.63, 3.8) is 0 Å². The van der Waals surface area contributed by atoms with E-state index in [9.17, 15) is 4.79 Å². The summed E-state index contributed by atoms with van der Waals surface area (Å²) in [6.07, 6.45) is 2.14. The maximum absolute atomic E-state index is 12.3. The minimum absolute atomic E-state index is 0.0615. The molecule has 0 aliphatic rings. The fraction of sp³-hybridized carbons (Fsp3) is 0.231. The Morgan fingerprint density at radius 2 is 1.60 bits per heavy atom. The van der Waals surface area contributed by atoms with Crippen molar-refractivity contribution in [2.75, 3.05) is 6.54 Å². The number of rotatable bonds is 8. The van der Waals surface area contributed by atoms with Crippen LogP contribution in [0.25, 0.3) is 22.2 Å². The van der Waals surface area contributed by atoms with Crippen LogP contribution in [0, 0.1) is 0 Å². The summed E-state index contributed by atoms with van der Waals surface area (Å²) in [7, 11) is 0. The number of imidazole rings is 1. The molecule has 1 heterocycles. The molecule has 4 aromatic rings. The number of carbonyl (C=O) groups excluding carboxylic acids is 1. The maximum Gasteiger partial charge on any atom is 0.224 e. The number of carbonyl (C=O) groups is 1. The van der Waals surface area contributed by atoms with E-state index in [4.69, 9.17) is 4.98 Å². The van der Waals surface area contributed by atoms with Gasteiger partial charge in [-0.15, -0.1) is 0 Å². The van der Waals surface area contributed by atoms with Gasteiger partial charge in [0.15, 0.2) is 0 Å². The average Bonchev–Trinajstić information content (AvgIpc) is 3.15. The first-order valence-corrected chi connectivity index (χ1v) is 10.6. The number of hydrogen-bond donors (Lipinski definition) is 1. The molecule has 0 spiro atoms. The fourth-order valence-electron chi connectivity index (χ4n) is 3.84. The largest absolute Gasteiger partial charge is 0.356 e. The minimum atomic E-state index is 0.0615. The molecule has 0 fully saturated rings. The summed E-state index contributed by atoms with van der Waals surface area (Å²) in [5.74, 6) is 1.15. The highest BCUT2D eigenvalue weighted by molar-refractivity contribution is 5.79. The third-order valence-corrected chi connectivity index (χ3v) is 5.37. The van der Waals surface area contributed by atoms with E-state index in [0.717, 1.165) is 36.3 Å². The van der Waals surface area contributed by atoms with E-state index in [1.165, 1.54) is 16.6 Å². The molecule has 152 valence electrons. The molecule has 4 nitrogen and oxygen atoms in total. The van der Waals surface area contributed by atoms with Crippen LogP contribution in [0.4, 0.5) is 0 Å². The average molecular weight is 398 g/mol. The van der Waals surface area contributed by atoms with Crippen molar-refractivity contribution in [1.29, 1.82) is 0 Å².